The van der Waals surface area contributed by atoms with Crippen molar-refractivity contribution in [3.05, 3.63) is 58.7 Å². The molecule has 3 heterocycles. The smallest absolute Gasteiger partial charge is 0.283 e. The summed E-state index contributed by atoms with van der Waals surface area (Å²) >= 11 is 1.34. The number of nitrogens with one attached hydrogen (secondary N) is 1. The zero-order valence-corrected chi connectivity index (χ0v) is 18.0. The van der Waals surface area contributed by atoms with E-state index in [1.54, 1.807) is 28.8 Å². The Kier molecular flexibility index (Phi) is 5.19. The van der Waals surface area contributed by atoms with Crippen LogP contribution in [0, 0.1) is 31.0 Å². The number of nitrogens with zero attached hydrogens (tertiary/aromatic N) is 4. The van der Waals surface area contributed by atoms with Gasteiger partial charge in [-0.2, -0.15) is 15.1 Å². The summed E-state index contributed by atoms with van der Waals surface area (Å²) in [5.41, 5.74) is 2.96. The van der Waals surface area contributed by atoms with Crippen LogP contribution in [0.5, 0.6) is 0 Å². The largest absolute Gasteiger partial charge is 0.315 e. The van der Waals surface area contributed by atoms with Gasteiger partial charge in [-0.05, 0) is 61.4 Å². The van der Waals surface area contributed by atoms with Gasteiger partial charge in [-0.25, -0.2) is 4.39 Å². The van der Waals surface area contributed by atoms with Crippen molar-refractivity contribution in [1.82, 2.24) is 9.58 Å². The third-order valence-corrected chi connectivity index (χ3v) is 5.87. The lowest BCUT2D eigenvalue weighted by Crippen LogP contribution is -2.35. The maximum Gasteiger partial charge on any atom is 0.283 e. The summed E-state index contributed by atoms with van der Waals surface area (Å²) in [7, 11) is 0. The quantitative estimate of drug-likeness (QED) is 0.711. The van der Waals surface area contributed by atoms with Crippen molar-refractivity contribution in [2.75, 3.05) is 0 Å². The summed E-state index contributed by atoms with van der Waals surface area (Å²) in [5.74, 6) is -0.361. The maximum atomic E-state index is 14.3. The molecule has 2 aromatic rings. The molecule has 0 bridgehead atoms. The van der Waals surface area contributed by atoms with Gasteiger partial charge in [0.05, 0.1) is 11.3 Å². The van der Waals surface area contributed by atoms with Gasteiger partial charge >= 0.3 is 0 Å². The molecule has 0 unspecified atom stereocenters. The lowest BCUT2D eigenvalue weighted by atomic mass is 10.1. The van der Waals surface area contributed by atoms with E-state index in [0.29, 0.717) is 16.8 Å². The second-order valence-corrected chi connectivity index (χ2v) is 8.77. The highest BCUT2D eigenvalue weighted by atomic mass is 32.2. The minimum atomic E-state index is -0.463. The summed E-state index contributed by atoms with van der Waals surface area (Å²) in [4.78, 5) is 16.8. The Hall–Kier alpha value is -3.00. The lowest BCUT2D eigenvalue weighted by molar-refractivity contribution is -0.114. The second kappa shape index (κ2) is 7.68. The van der Waals surface area contributed by atoms with E-state index in [9.17, 15) is 9.18 Å². The Bertz CT molecular complexity index is 1160. The van der Waals surface area contributed by atoms with Crippen molar-refractivity contribution in [1.29, 1.82) is 5.41 Å². The molecule has 1 N–H and O–H groups in total. The van der Waals surface area contributed by atoms with Crippen molar-refractivity contribution in [2.45, 2.75) is 34.1 Å². The number of carbonyl (C=O) groups is 1. The number of hydrazone groups is 1. The average Bonchev–Trinajstić information content (AvgIpc) is 3.19. The molecule has 0 saturated carbocycles. The first-order valence-corrected chi connectivity index (χ1v) is 10.5. The first-order valence-electron chi connectivity index (χ1n) is 9.69. The summed E-state index contributed by atoms with van der Waals surface area (Å²) < 4.78 is 16.1. The van der Waals surface area contributed by atoms with Gasteiger partial charge in [-0.1, -0.05) is 26.0 Å². The van der Waals surface area contributed by atoms with Crippen LogP contribution in [0.2, 0.25) is 0 Å². The van der Waals surface area contributed by atoms with Crippen LogP contribution >= 0.6 is 11.8 Å². The number of amides is 1. The SMILES string of the molecule is Cc1cc(/C=C2\C(=N)N3N=C(CC(C)C)SC3=NC2=O)c(C)n1-c1ccccc1F. The molecule has 0 spiro atoms. The van der Waals surface area contributed by atoms with Gasteiger partial charge in [0.1, 0.15) is 10.9 Å². The number of aromatic nitrogens is 1. The summed E-state index contributed by atoms with van der Waals surface area (Å²) in [5, 5.41) is 15.7. The van der Waals surface area contributed by atoms with E-state index >= 15 is 0 Å². The number of halogens is 1. The minimum Gasteiger partial charge on any atom is -0.315 e. The van der Waals surface area contributed by atoms with E-state index in [1.165, 1.54) is 22.8 Å². The molecule has 8 heteroatoms. The number of benzene rings is 1. The van der Waals surface area contributed by atoms with Crippen LogP contribution in [0.15, 0.2) is 46.0 Å². The first kappa shape index (κ1) is 20.3. The van der Waals surface area contributed by atoms with Crippen LogP contribution in [0.1, 0.15) is 37.2 Å². The first-order chi connectivity index (χ1) is 14.3. The van der Waals surface area contributed by atoms with Crippen molar-refractivity contribution in [3.63, 3.8) is 0 Å². The summed E-state index contributed by atoms with van der Waals surface area (Å²) in [6.07, 6.45) is 2.41. The van der Waals surface area contributed by atoms with E-state index in [0.717, 1.165) is 28.4 Å². The van der Waals surface area contributed by atoms with Gasteiger partial charge in [-0.3, -0.25) is 10.2 Å². The second-order valence-electron chi connectivity index (χ2n) is 7.73. The molecule has 0 fully saturated rings. The number of amidine groups is 2. The van der Waals surface area contributed by atoms with Crippen molar-refractivity contribution >= 4 is 39.8 Å². The molecular weight excluding hydrogens is 401 g/mol. The molecule has 0 aliphatic carbocycles. The third kappa shape index (κ3) is 3.52. The predicted molar refractivity (Wildman–Crippen MR) is 120 cm³/mol. The van der Waals surface area contributed by atoms with Crippen LogP contribution < -0.4 is 0 Å². The Balaban J connectivity index is 1.72. The molecule has 4 rings (SSSR count). The normalized spacial score (nSPS) is 17.7. The Labute approximate surface area is 178 Å². The van der Waals surface area contributed by atoms with Gasteiger partial charge < -0.3 is 4.57 Å². The number of para-hydroxylation sites is 1. The Morgan fingerprint density at radius 2 is 2.00 bits per heavy atom. The van der Waals surface area contributed by atoms with E-state index in [-0.39, 0.29) is 17.2 Å². The summed E-state index contributed by atoms with van der Waals surface area (Å²) in [6.45, 7) is 7.93. The molecular formula is C22H22FN5OS. The van der Waals surface area contributed by atoms with E-state index in [2.05, 4.69) is 23.9 Å². The number of hydrogen-bond acceptors (Lipinski definition) is 4. The maximum absolute atomic E-state index is 14.3. The number of aryl methyl sites for hydroxylation is 1. The van der Waals surface area contributed by atoms with E-state index in [4.69, 9.17) is 5.41 Å². The van der Waals surface area contributed by atoms with Crippen molar-refractivity contribution in [2.24, 2.45) is 16.0 Å². The van der Waals surface area contributed by atoms with Crippen LogP contribution in [0.3, 0.4) is 0 Å². The van der Waals surface area contributed by atoms with Crippen LogP contribution in [-0.4, -0.2) is 31.5 Å². The molecule has 2 aliphatic heterocycles. The fraction of sp³-hybridized carbons (Fsp3) is 0.273. The van der Waals surface area contributed by atoms with Crippen LogP contribution in [0.25, 0.3) is 11.8 Å². The van der Waals surface area contributed by atoms with E-state index in [1.807, 2.05) is 19.9 Å². The van der Waals surface area contributed by atoms with Crippen LogP contribution in [-0.2, 0) is 4.79 Å². The topological polar surface area (TPSA) is 73.8 Å². The summed E-state index contributed by atoms with van der Waals surface area (Å²) in [6, 6.07) is 8.43. The molecule has 1 aromatic carbocycles. The number of hydrogen-bond donors (Lipinski definition) is 1. The molecule has 1 aromatic heterocycles. The number of rotatable bonds is 4. The van der Waals surface area contributed by atoms with Gasteiger partial charge in [0.15, 0.2) is 5.84 Å². The lowest BCUT2D eigenvalue weighted by Gasteiger charge is -2.20. The van der Waals surface area contributed by atoms with Crippen LogP contribution in [0.4, 0.5) is 4.39 Å². The van der Waals surface area contributed by atoms with Gasteiger partial charge in [0.2, 0.25) is 5.17 Å². The molecule has 1 amide bonds. The highest BCUT2D eigenvalue weighted by Crippen LogP contribution is 2.31. The highest BCUT2D eigenvalue weighted by Gasteiger charge is 2.35. The number of carbonyl (C=O) groups excluding carboxylic acids is 1. The minimum absolute atomic E-state index is 0.00644. The van der Waals surface area contributed by atoms with Gasteiger partial charge in [0, 0.05) is 17.8 Å². The predicted octanol–water partition coefficient (Wildman–Crippen LogP) is 4.90. The molecule has 0 radical (unpaired) electrons. The Morgan fingerprint density at radius 3 is 2.70 bits per heavy atom. The van der Waals surface area contributed by atoms with Gasteiger partial charge in [0.25, 0.3) is 5.91 Å². The molecule has 2 aliphatic rings. The van der Waals surface area contributed by atoms with E-state index < -0.39 is 5.91 Å². The zero-order valence-electron chi connectivity index (χ0n) is 17.2. The zero-order chi connectivity index (χ0) is 21.6. The fourth-order valence-electron chi connectivity index (χ4n) is 3.56. The van der Waals surface area contributed by atoms with Gasteiger partial charge in [-0.15, -0.1) is 0 Å². The molecule has 0 saturated heterocycles. The molecule has 6 nitrogen and oxygen atoms in total. The number of fused-ring (bicyclic) bond motifs is 1. The van der Waals surface area contributed by atoms with Crippen molar-refractivity contribution < 1.29 is 9.18 Å². The number of aliphatic imine (C=N–C) groups is 1. The molecule has 30 heavy (non-hydrogen) atoms. The number of thioether (sulfide) groups is 1. The highest BCUT2D eigenvalue weighted by molar-refractivity contribution is 8.26. The fourth-order valence-corrected chi connectivity index (χ4v) is 4.65. The van der Waals surface area contributed by atoms with Crippen molar-refractivity contribution in [3.8, 4) is 5.69 Å². The molecule has 0 atom stereocenters. The third-order valence-electron chi connectivity index (χ3n) is 4.94. The molecule has 154 valence electrons. The standard InChI is InChI=1S/C22H22FN5OS/c1-12(2)9-19-26-28-20(24)16(21(29)25-22(28)30-19)11-15-10-13(3)27(14(15)4)18-8-6-5-7-17(18)23/h5-8,10-12,24H,9H2,1-4H3/b16-11+,24-20?. The average molecular weight is 424 g/mol. The Morgan fingerprint density at radius 1 is 1.27 bits per heavy atom. The monoisotopic (exact) mass is 423 g/mol.